The number of aliphatic hydroxyl groups excluding tert-OH is 1. The number of benzene rings is 3. The van der Waals surface area contributed by atoms with Crippen LogP contribution in [0.5, 0.6) is 0 Å². The summed E-state index contributed by atoms with van der Waals surface area (Å²) in [6, 6.07) is 18.6. The van der Waals surface area contributed by atoms with Gasteiger partial charge in [0.1, 0.15) is 11.6 Å². The molecular weight excluding hydrogens is 479 g/mol. The summed E-state index contributed by atoms with van der Waals surface area (Å²) in [6.45, 7) is 10.1. The smallest absolute Gasteiger partial charge is 0.295 e. The Morgan fingerprint density at radius 2 is 1.68 bits per heavy atom. The maximum absolute atomic E-state index is 13.6. The fraction of sp³-hybridized carbons (Fsp3) is 0.250. The van der Waals surface area contributed by atoms with Gasteiger partial charge >= 0.3 is 0 Å². The van der Waals surface area contributed by atoms with Gasteiger partial charge in [-0.3, -0.25) is 9.59 Å². The van der Waals surface area contributed by atoms with E-state index in [0.29, 0.717) is 11.1 Å². The average molecular weight is 511 g/mol. The molecule has 1 amide bonds. The number of rotatable bonds is 4. The van der Waals surface area contributed by atoms with Crippen molar-refractivity contribution >= 4 is 28.4 Å². The lowest BCUT2D eigenvalue weighted by molar-refractivity contribution is -0.140. The summed E-state index contributed by atoms with van der Waals surface area (Å²) in [5, 5.41) is 12.6. The van der Waals surface area contributed by atoms with E-state index < -0.39 is 17.7 Å². The number of fused-ring (bicyclic) bond motifs is 1. The van der Waals surface area contributed by atoms with Gasteiger partial charge in [0.15, 0.2) is 0 Å². The zero-order valence-corrected chi connectivity index (χ0v) is 22.2. The molecule has 0 bridgehead atoms. The number of aliphatic hydroxyl groups is 1. The molecular formula is C32H31FN2O3. The van der Waals surface area contributed by atoms with E-state index in [9.17, 15) is 19.1 Å². The lowest BCUT2D eigenvalue weighted by Crippen LogP contribution is -2.29. The van der Waals surface area contributed by atoms with Crippen LogP contribution in [0.2, 0.25) is 0 Å². The van der Waals surface area contributed by atoms with Crippen LogP contribution in [0.3, 0.4) is 0 Å². The van der Waals surface area contributed by atoms with E-state index in [4.69, 9.17) is 0 Å². The van der Waals surface area contributed by atoms with Gasteiger partial charge in [0.25, 0.3) is 11.7 Å². The Kier molecular flexibility index (Phi) is 6.22. The van der Waals surface area contributed by atoms with Crippen molar-refractivity contribution in [3.05, 3.63) is 112 Å². The molecule has 1 aromatic heterocycles. The number of ketones is 1. The first-order valence-corrected chi connectivity index (χ1v) is 12.7. The SMILES string of the molecule is Cc1ccc(C(C)(C)C)cc1/C(O)=C1\C(=O)C(=O)N(Cc2ccc(F)cc2)C1c1c(C)[nH]c2ccccc12. The normalized spacial score (nSPS) is 17.5. The standard InChI is InChI=1S/C32H31FN2O3/c1-18-10-13-21(32(3,4)5)16-24(18)29(36)27-28(26-19(2)34-25-9-7-6-8-23(25)26)35(31(38)30(27)37)17-20-11-14-22(33)15-12-20/h6-16,28,34,36H,17H2,1-5H3/b29-27+. The zero-order valence-electron chi connectivity index (χ0n) is 22.2. The van der Waals surface area contributed by atoms with E-state index in [0.717, 1.165) is 33.3 Å². The second-order valence-corrected chi connectivity index (χ2v) is 11.0. The lowest BCUT2D eigenvalue weighted by Gasteiger charge is -2.26. The minimum atomic E-state index is -0.825. The minimum Gasteiger partial charge on any atom is -0.507 e. The highest BCUT2D eigenvalue weighted by Gasteiger charge is 2.47. The van der Waals surface area contributed by atoms with Crippen LogP contribution in [0.15, 0.2) is 72.3 Å². The molecule has 1 unspecified atom stereocenters. The predicted octanol–water partition coefficient (Wildman–Crippen LogP) is 6.84. The van der Waals surface area contributed by atoms with Crippen LogP contribution in [0.1, 0.15) is 60.3 Å². The number of carbonyl (C=O) groups is 2. The Morgan fingerprint density at radius 3 is 2.37 bits per heavy atom. The summed E-state index contributed by atoms with van der Waals surface area (Å²) in [7, 11) is 0. The van der Waals surface area contributed by atoms with Crippen molar-refractivity contribution in [2.24, 2.45) is 0 Å². The van der Waals surface area contributed by atoms with Crippen LogP contribution >= 0.6 is 0 Å². The number of carbonyl (C=O) groups excluding carboxylic acids is 2. The van der Waals surface area contributed by atoms with Gasteiger partial charge < -0.3 is 15.0 Å². The molecule has 4 aromatic rings. The Bertz CT molecular complexity index is 1610. The second-order valence-electron chi connectivity index (χ2n) is 11.0. The molecule has 2 N–H and O–H groups in total. The molecule has 1 aliphatic rings. The van der Waals surface area contributed by atoms with Crippen LogP contribution in [0.4, 0.5) is 4.39 Å². The number of nitrogens with one attached hydrogen (secondary N) is 1. The molecule has 0 aliphatic carbocycles. The van der Waals surface area contributed by atoms with Crippen molar-refractivity contribution in [3.63, 3.8) is 0 Å². The molecule has 2 heterocycles. The molecule has 38 heavy (non-hydrogen) atoms. The summed E-state index contributed by atoms with van der Waals surface area (Å²) in [6.07, 6.45) is 0. The number of nitrogens with zero attached hydrogens (tertiary/aromatic N) is 1. The van der Waals surface area contributed by atoms with Crippen molar-refractivity contribution in [1.29, 1.82) is 0 Å². The Morgan fingerprint density at radius 1 is 1.00 bits per heavy atom. The van der Waals surface area contributed by atoms with E-state index >= 15 is 0 Å². The summed E-state index contributed by atoms with van der Waals surface area (Å²) < 4.78 is 13.6. The maximum Gasteiger partial charge on any atom is 0.295 e. The van der Waals surface area contributed by atoms with E-state index in [-0.39, 0.29) is 29.1 Å². The first-order valence-electron chi connectivity index (χ1n) is 12.7. The summed E-state index contributed by atoms with van der Waals surface area (Å²) in [4.78, 5) is 32.0. The fourth-order valence-corrected chi connectivity index (χ4v) is 5.27. The highest BCUT2D eigenvalue weighted by atomic mass is 19.1. The second kappa shape index (κ2) is 9.28. The van der Waals surface area contributed by atoms with Gasteiger partial charge in [0.05, 0.1) is 11.6 Å². The van der Waals surface area contributed by atoms with Gasteiger partial charge in [0, 0.05) is 34.3 Å². The third-order valence-electron chi connectivity index (χ3n) is 7.38. The Balaban J connectivity index is 1.76. The predicted molar refractivity (Wildman–Crippen MR) is 147 cm³/mol. The molecule has 1 aliphatic heterocycles. The minimum absolute atomic E-state index is 0.0547. The van der Waals surface area contributed by atoms with Crippen LogP contribution in [-0.2, 0) is 21.5 Å². The maximum atomic E-state index is 13.6. The van der Waals surface area contributed by atoms with Crippen LogP contribution < -0.4 is 0 Å². The Labute approximate surface area is 221 Å². The number of Topliss-reactive ketones (excluding diaryl/α,β-unsaturated/α-hetero) is 1. The molecule has 1 fully saturated rings. The van der Waals surface area contributed by atoms with Gasteiger partial charge in [-0.05, 0) is 60.2 Å². The van der Waals surface area contributed by atoms with Gasteiger partial charge in [-0.25, -0.2) is 4.39 Å². The van der Waals surface area contributed by atoms with E-state index in [1.54, 1.807) is 12.1 Å². The third kappa shape index (κ3) is 4.30. The number of halogens is 1. The summed E-state index contributed by atoms with van der Waals surface area (Å²) in [5.41, 5.74) is 5.32. The molecule has 5 rings (SSSR count). The zero-order chi connectivity index (χ0) is 27.4. The Hall–Kier alpha value is -4.19. The number of hydrogen-bond acceptors (Lipinski definition) is 3. The average Bonchev–Trinajstić information content (AvgIpc) is 3.32. The van der Waals surface area contributed by atoms with Crippen molar-refractivity contribution in [2.75, 3.05) is 0 Å². The monoisotopic (exact) mass is 510 g/mol. The van der Waals surface area contributed by atoms with E-state index in [1.807, 2.05) is 56.3 Å². The van der Waals surface area contributed by atoms with Gasteiger partial charge in [-0.15, -0.1) is 0 Å². The lowest BCUT2D eigenvalue weighted by atomic mass is 9.84. The quantitative estimate of drug-likeness (QED) is 0.179. The molecule has 0 saturated carbocycles. The van der Waals surface area contributed by atoms with Crippen LogP contribution in [-0.4, -0.2) is 26.7 Å². The number of hydrogen-bond donors (Lipinski definition) is 2. The van der Waals surface area contributed by atoms with Crippen molar-refractivity contribution in [3.8, 4) is 0 Å². The summed E-state index contributed by atoms with van der Waals surface area (Å²) in [5.74, 6) is -2.01. The number of para-hydroxylation sites is 1. The number of likely N-dealkylation sites (tertiary alicyclic amines) is 1. The van der Waals surface area contributed by atoms with Gasteiger partial charge in [-0.2, -0.15) is 0 Å². The van der Waals surface area contributed by atoms with Crippen molar-refractivity contribution < 1.29 is 19.1 Å². The first kappa shape index (κ1) is 25.5. The molecule has 6 heteroatoms. The number of aromatic nitrogens is 1. The highest BCUT2D eigenvalue weighted by Crippen LogP contribution is 2.44. The van der Waals surface area contributed by atoms with Crippen molar-refractivity contribution in [2.45, 2.75) is 52.6 Å². The third-order valence-corrected chi connectivity index (χ3v) is 7.38. The summed E-state index contributed by atoms with van der Waals surface area (Å²) >= 11 is 0. The molecule has 1 saturated heterocycles. The topological polar surface area (TPSA) is 73.4 Å². The highest BCUT2D eigenvalue weighted by molar-refractivity contribution is 6.46. The van der Waals surface area contributed by atoms with Crippen LogP contribution in [0.25, 0.3) is 16.7 Å². The van der Waals surface area contributed by atoms with Crippen molar-refractivity contribution in [1.82, 2.24) is 9.88 Å². The van der Waals surface area contributed by atoms with Gasteiger partial charge in [0.2, 0.25) is 0 Å². The number of aromatic amines is 1. The largest absolute Gasteiger partial charge is 0.507 e. The molecule has 3 aromatic carbocycles. The number of aryl methyl sites for hydroxylation is 2. The van der Waals surface area contributed by atoms with E-state index in [2.05, 4.69) is 25.8 Å². The molecule has 1 atom stereocenters. The number of H-pyrrole nitrogens is 1. The van der Waals surface area contributed by atoms with Crippen LogP contribution in [0, 0.1) is 19.7 Å². The molecule has 5 nitrogen and oxygen atoms in total. The number of amides is 1. The molecule has 194 valence electrons. The first-order chi connectivity index (χ1) is 18.0. The molecule has 0 radical (unpaired) electrons. The molecule has 0 spiro atoms. The van der Waals surface area contributed by atoms with Gasteiger partial charge in [-0.1, -0.05) is 63.2 Å². The fourth-order valence-electron chi connectivity index (χ4n) is 5.27. The van der Waals surface area contributed by atoms with E-state index in [1.165, 1.54) is 17.0 Å².